The average Bonchev–Trinajstić information content (AvgIpc) is 2.50. The predicted octanol–water partition coefficient (Wildman–Crippen LogP) is 0.461. The summed E-state index contributed by atoms with van der Waals surface area (Å²) in [6.45, 7) is 2.07. The van der Waals surface area contributed by atoms with Gasteiger partial charge in [0.1, 0.15) is 6.23 Å². The molecule has 0 radical (unpaired) electrons. The van der Waals surface area contributed by atoms with Crippen molar-refractivity contribution in [3.63, 3.8) is 0 Å². The van der Waals surface area contributed by atoms with Gasteiger partial charge in [0.25, 0.3) is 0 Å². The molecule has 0 aromatic rings. The summed E-state index contributed by atoms with van der Waals surface area (Å²) in [5, 5.41) is 18.7. The van der Waals surface area contributed by atoms with E-state index in [0.717, 1.165) is 25.6 Å². The number of rotatable bonds is 4. The zero-order chi connectivity index (χ0) is 9.03. The van der Waals surface area contributed by atoms with Gasteiger partial charge in [-0.2, -0.15) is 0 Å². The van der Waals surface area contributed by atoms with E-state index < -0.39 is 0 Å². The molecule has 4 heteroatoms. The molecule has 0 bridgehead atoms. The Hall–Kier alpha value is -0.610. The lowest BCUT2D eigenvalue weighted by molar-refractivity contribution is -0.0787. The molecule has 1 rings (SSSR count). The predicted molar refractivity (Wildman–Crippen MR) is 46.1 cm³/mol. The molecule has 3 N–H and O–H groups in total. The van der Waals surface area contributed by atoms with E-state index in [2.05, 4.69) is 5.32 Å². The molecule has 1 saturated heterocycles. The fraction of sp³-hybridized carbons (Fsp3) is 0.875. The second-order valence-electron chi connectivity index (χ2n) is 3.15. The number of hydrogen-bond acceptors (Lipinski definition) is 3. The zero-order valence-electron chi connectivity index (χ0n) is 7.34. The molecule has 0 aromatic carbocycles. The van der Waals surface area contributed by atoms with Crippen molar-refractivity contribution < 1.29 is 9.84 Å². The van der Waals surface area contributed by atoms with Crippen LogP contribution in [-0.4, -0.2) is 29.9 Å². The van der Waals surface area contributed by atoms with E-state index >= 15 is 0 Å². The van der Waals surface area contributed by atoms with E-state index in [1.54, 1.807) is 0 Å². The third kappa shape index (κ3) is 1.76. The molecular formula is C8H16N2O2. The topological polar surface area (TPSA) is 65.3 Å². The van der Waals surface area contributed by atoms with E-state index in [1.807, 2.05) is 6.92 Å². The fourth-order valence-electron chi connectivity index (χ4n) is 1.51. The average molecular weight is 172 g/mol. The molecule has 1 aliphatic heterocycles. The maximum absolute atomic E-state index is 9.09. The van der Waals surface area contributed by atoms with Crippen molar-refractivity contribution in [2.24, 2.45) is 0 Å². The first-order valence-corrected chi connectivity index (χ1v) is 4.30. The van der Waals surface area contributed by atoms with Crippen LogP contribution in [0.2, 0.25) is 0 Å². The first-order valence-electron chi connectivity index (χ1n) is 4.30. The first kappa shape index (κ1) is 9.48. The van der Waals surface area contributed by atoms with Crippen LogP contribution in [0.5, 0.6) is 0 Å². The third-order valence-corrected chi connectivity index (χ3v) is 2.46. The van der Waals surface area contributed by atoms with Gasteiger partial charge in [-0.15, -0.1) is 0 Å². The van der Waals surface area contributed by atoms with Gasteiger partial charge in [-0.3, -0.25) is 5.41 Å². The molecule has 0 spiro atoms. The van der Waals surface area contributed by atoms with Gasteiger partial charge >= 0.3 is 0 Å². The lowest BCUT2D eigenvalue weighted by atomic mass is 9.98. The Morgan fingerprint density at radius 1 is 1.83 bits per heavy atom. The number of aliphatic hydroxyl groups is 1. The van der Waals surface area contributed by atoms with Crippen LogP contribution < -0.4 is 5.32 Å². The van der Waals surface area contributed by atoms with Crippen LogP contribution in [-0.2, 0) is 4.74 Å². The molecule has 4 nitrogen and oxygen atoms in total. The number of aliphatic hydroxyl groups excluding tert-OH is 1. The van der Waals surface area contributed by atoms with Crippen LogP contribution in [0.25, 0.3) is 0 Å². The minimum absolute atomic E-state index is 0.0691. The van der Waals surface area contributed by atoms with Crippen molar-refractivity contribution >= 4 is 6.34 Å². The van der Waals surface area contributed by atoms with Crippen molar-refractivity contribution in [2.75, 3.05) is 6.61 Å². The number of ether oxygens (including phenoxy) is 1. The molecule has 0 unspecified atom stereocenters. The summed E-state index contributed by atoms with van der Waals surface area (Å²) in [6.07, 6.45) is 3.59. The fourth-order valence-corrected chi connectivity index (χ4v) is 1.51. The number of hydrogen-bond donors (Lipinski definition) is 3. The molecule has 70 valence electrons. The smallest absolute Gasteiger partial charge is 0.129 e. The van der Waals surface area contributed by atoms with Crippen molar-refractivity contribution in [2.45, 2.75) is 38.0 Å². The van der Waals surface area contributed by atoms with Gasteiger partial charge in [-0.1, -0.05) is 6.92 Å². The van der Waals surface area contributed by atoms with Gasteiger partial charge in [0.05, 0.1) is 18.5 Å². The summed E-state index contributed by atoms with van der Waals surface area (Å²) in [5.74, 6) is 0. The summed E-state index contributed by atoms with van der Waals surface area (Å²) in [7, 11) is 0. The summed E-state index contributed by atoms with van der Waals surface area (Å²) in [4.78, 5) is 0. The van der Waals surface area contributed by atoms with Gasteiger partial charge in [0, 0.05) is 0 Å². The minimum atomic E-state index is -0.360. The second-order valence-corrected chi connectivity index (χ2v) is 3.15. The van der Waals surface area contributed by atoms with Gasteiger partial charge < -0.3 is 15.2 Å². The minimum Gasteiger partial charge on any atom is -0.393 e. The Balaban J connectivity index is 2.46. The Bertz CT molecular complexity index is 157. The SMILES string of the molecule is CC[C@@]1(CO)CC[C@H](NC=N)O1. The molecule has 0 saturated carbocycles. The quantitative estimate of drug-likeness (QED) is 0.426. The normalized spacial score (nSPS) is 35.0. The van der Waals surface area contributed by atoms with Crippen molar-refractivity contribution in [3.05, 3.63) is 0 Å². The maximum atomic E-state index is 9.09. The van der Waals surface area contributed by atoms with E-state index in [4.69, 9.17) is 15.3 Å². The van der Waals surface area contributed by atoms with E-state index in [9.17, 15) is 0 Å². The molecule has 12 heavy (non-hydrogen) atoms. The summed E-state index contributed by atoms with van der Waals surface area (Å²) >= 11 is 0. The zero-order valence-corrected chi connectivity index (χ0v) is 7.34. The standard InChI is InChI=1S/C8H16N2O2/c1-2-8(5-11)4-3-7(12-8)10-6-9/h6-7,11H,2-5H2,1H3,(H2,9,10)/t7-,8+/m1/s1. The van der Waals surface area contributed by atoms with Crippen LogP contribution in [0.3, 0.4) is 0 Å². The van der Waals surface area contributed by atoms with Crippen molar-refractivity contribution in [3.8, 4) is 0 Å². The van der Waals surface area contributed by atoms with E-state index in [0.29, 0.717) is 0 Å². The second kappa shape index (κ2) is 3.87. The van der Waals surface area contributed by atoms with Gasteiger partial charge in [0.2, 0.25) is 0 Å². The highest BCUT2D eigenvalue weighted by Crippen LogP contribution is 2.31. The lowest BCUT2D eigenvalue weighted by Gasteiger charge is -2.25. The van der Waals surface area contributed by atoms with Crippen LogP contribution in [0.1, 0.15) is 26.2 Å². The van der Waals surface area contributed by atoms with Gasteiger partial charge in [-0.05, 0) is 19.3 Å². The summed E-state index contributed by atoms with van der Waals surface area (Å²) < 4.78 is 5.58. The molecule has 2 atom stereocenters. The highest BCUT2D eigenvalue weighted by atomic mass is 16.5. The Morgan fingerprint density at radius 3 is 3.00 bits per heavy atom. The first-order chi connectivity index (χ1) is 5.76. The van der Waals surface area contributed by atoms with Crippen LogP contribution in [0.4, 0.5) is 0 Å². The van der Waals surface area contributed by atoms with Crippen molar-refractivity contribution in [1.29, 1.82) is 5.41 Å². The molecular weight excluding hydrogens is 156 g/mol. The Labute approximate surface area is 72.4 Å². The highest BCUT2D eigenvalue weighted by Gasteiger charge is 2.37. The highest BCUT2D eigenvalue weighted by molar-refractivity contribution is 5.49. The Kier molecular flexibility index (Phi) is 3.05. The van der Waals surface area contributed by atoms with E-state index in [-0.39, 0.29) is 18.4 Å². The largest absolute Gasteiger partial charge is 0.393 e. The monoisotopic (exact) mass is 172 g/mol. The van der Waals surface area contributed by atoms with Crippen LogP contribution in [0.15, 0.2) is 0 Å². The Morgan fingerprint density at radius 2 is 2.58 bits per heavy atom. The molecule has 0 amide bonds. The van der Waals surface area contributed by atoms with E-state index in [1.165, 1.54) is 0 Å². The number of nitrogens with one attached hydrogen (secondary N) is 2. The van der Waals surface area contributed by atoms with Crippen LogP contribution in [0, 0.1) is 5.41 Å². The maximum Gasteiger partial charge on any atom is 0.129 e. The van der Waals surface area contributed by atoms with Crippen molar-refractivity contribution in [1.82, 2.24) is 5.32 Å². The molecule has 1 aliphatic rings. The van der Waals surface area contributed by atoms with Gasteiger partial charge in [-0.25, -0.2) is 0 Å². The molecule has 0 aromatic heterocycles. The molecule has 1 fully saturated rings. The molecule has 1 heterocycles. The van der Waals surface area contributed by atoms with Gasteiger partial charge in [0.15, 0.2) is 0 Å². The third-order valence-electron chi connectivity index (χ3n) is 2.46. The lowest BCUT2D eigenvalue weighted by Crippen LogP contribution is -2.36. The summed E-state index contributed by atoms with van der Waals surface area (Å²) in [6, 6.07) is 0. The van der Waals surface area contributed by atoms with Crippen LogP contribution >= 0.6 is 0 Å². The molecule has 0 aliphatic carbocycles. The summed E-state index contributed by atoms with van der Waals surface area (Å²) in [5.41, 5.74) is -0.360.